The van der Waals surface area contributed by atoms with Gasteiger partial charge >= 0.3 is 0 Å². The molecule has 0 atom stereocenters. The molecule has 4 nitrogen and oxygen atoms in total. The van der Waals surface area contributed by atoms with Crippen LogP contribution in [0, 0.1) is 5.41 Å². The van der Waals surface area contributed by atoms with Crippen LogP contribution in [0.25, 0.3) is 0 Å². The molecule has 0 aliphatic rings. The van der Waals surface area contributed by atoms with Gasteiger partial charge in [0, 0.05) is 42.7 Å². The van der Waals surface area contributed by atoms with Crippen molar-refractivity contribution in [2.24, 2.45) is 12.5 Å². The molecule has 0 fully saturated rings. The smallest absolute Gasteiger partial charge is 0.251 e. The van der Waals surface area contributed by atoms with Crippen LogP contribution >= 0.6 is 11.6 Å². The summed E-state index contributed by atoms with van der Waals surface area (Å²) in [7, 11) is 1.65. The highest BCUT2D eigenvalue weighted by atomic mass is 35.5. The van der Waals surface area contributed by atoms with Crippen molar-refractivity contribution in [1.29, 1.82) is 0 Å². The zero-order valence-electron chi connectivity index (χ0n) is 11.7. The van der Waals surface area contributed by atoms with Crippen molar-refractivity contribution < 1.29 is 4.79 Å². The fourth-order valence-corrected chi connectivity index (χ4v) is 2.27. The lowest BCUT2D eigenvalue weighted by molar-refractivity contribution is 0.0931. The van der Waals surface area contributed by atoms with Gasteiger partial charge in [0.25, 0.3) is 11.5 Å². The summed E-state index contributed by atoms with van der Waals surface area (Å²) in [5.41, 5.74) is 0.123. The van der Waals surface area contributed by atoms with E-state index in [4.69, 9.17) is 11.6 Å². The molecule has 0 aliphatic carbocycles. The SMILES string of the molecule is CCC(CC)(CCl)CNC(=O)c1ccn(C)c(=O)c1. The number of carbonyl (C=O) groups excluding carboxylic acids is 1. The highest BCUT2D eigenvalue weighted by molar-refractivity contribution is 6.18. The van der Waals surface area contributed by atoms with Gasteiger partial charge in [-0.1, -0.05) is 13.8 Å². The van der Waals surface area contributed by atoms with Crippen molar-refractivity contribution in [2.75, 3.05) is 12.4 Å². The maximum atomic E-state index is 12.0. The lowest BCUT2D eigenvalue weighted by atomic mass is 9.84. The third kappa shape index (κ3) is 3.83. The minimum atomic E-state index is -0.228. The van der Waals surface area contributed by atoms with Crippen molar-refractivity contribution in [1.82, 2.24) is 9.88 Å². The molecule has 106 valence electrons. The van der Waals surface area contributed by atoms with Crippen molar-refractivity contribution in [2.45, 2.75) is 26.7 Å². The minimum Gasteiger partial charge on any atom is -0.351 e. The Balaban J connectivity index is 2.75. The summed E-state index contributed by atoms with van der Waals surface area (Å²) in [6.45, 7) is 4.66. The van der Waals surface area contributed by atoms with Crippen LogP contribution in [0.4, 0.5) is 0 Å². The third-order valence-electron chi connectivity index (χ3n) is 3.77. The van der Waals surface area contributed by atoms with Gasteiger partial charge in [-0.3, -0.25) is 9.59 Å². The molecule has 0 spiro atoms. The Bertz CT molecular complexity index is 484. The van der Waals surface area contributed by atoms with Gasteiger partial charge in [-0.25, -0.2) is 0 Å². The largest absolute Gasteiger partial charge is 0.351 e. The molecule has 0 aliphatic heterocycles. The van der Waals surface area contributed by atoms with Crippen LogP contribution in [0.3, 0.4) is 0 Å². The number of hydrogen-bond donors (Lipinski definition) is 1. The Morgan fingerprint density at radius 2 is 2.05 bits per heavy atom. The standard InChI is InChI=1S/C14H21ClN2O2/c1-4-14(5-2,9-15)10-16-13(19)11-6-7-17(3)12(18)8-11/h6-8H,4-5,9-10H2,1-3H3,(H,16,19). The van der Waals surface area contributed by atoms with Gasteiger partial charge in [0.15, 0.2) is 0 Å². The Morgan fingerprint density at radius 3 is 2.53 bits per heavy atom. The molecule has 0 saturated carbocycles. The fourth-order valence-electron chi connectivity index (χ4n) is 1.80. The van der Waals surface area contributed by atoms with E-state index < -0.39 is 0 Å². The zero-order chi connectivity index (χ0) is 14.5. The third-order valence-corrected chi connectivity index (χ3v) is 4.34. The second-order valence-electron chi connectivity index (χ2n) is 4.89. The van der Waals surface area contributed by atoms with Crippen molar-refractivity contribution in [3.63, 3.8) is 0 Å². The predicted octanol–water partition coefficient (Wildman–Crippen LogP) is 2.16. The van der Waals surface area contributed by atoms with Gasteiger partial charge < -0.3 is 9.88 Å². The lowest BCUT2D eigenvalue weighted by Crippen LogP contribution is -2.38. The normalized spacial score (nSPS) is 11.4. The Morgan fingerprint density at radius 1 is 1.42 bits per heavy atom. The van der Waals surface area contributed by atoms with Gasteiger partial charge in [0.1, 0.15) is 0 Å². The molecule has 1 aromatic heterocycles. The Hall–Kier alpha value is -1.29. The summed E-state index contributed by atoms with van der Waals surface area (Å²) in [6.07, 6.45) is 3.40. The summed E-state index contributed by atoms with van der Waals surface area (Å²) in [6, 6.07) is 2.98. The van der Waals surface area contributed by atoms with Crippen LogP contribution in [0.2, 0.25) is 0 Å². The van der Waals surface area contributed by atoms with Gasteiger partial charge in [-0.05, 0) is 18.9 Å². The van der Waals surface area contributed by atoms with Crippen LogP contribution in [0.15, 0.2) is 23.1 Å². The molecule has 0 saturated heterocycles. The molecule has 0 bridgehead atoms. The number of rotatable bonds is 6. The van der Waals surface area contributed by atoms with E-state index in [1.807, 2.05) is 0 Å². The van der Waals surface area contributed by atoms with E-state index in [0.29, 0.717) is 18.0 Å². The molecule has 1 rings (SSSR count). The van der Waals surface area contributed by atoms with E-state index in [-0.39, 0.29) is 16.9 Å². The number of alkyl halides is 1. The molecule has 19 heavy (non-hydrogen) atoms. The van der Waals surface area contributed by atoms with Gasteiger partial charge in [0.05, 0.1) is 0 Å². The van der Waals surface area contributed by atoms with E-state index in [2.05, 4.69) is 19.2 Å². The van der Waals surface area contributed by atoms with Crippen LogP contribution < -0.4 is 10.9 Å². The lowest BCUT2D eigenvalue weighted by Gasteiger charge is -2.29. The highest BCUT2D eigenvalue weighted by Crippen LogP contribution is 2.26. The molecular weight excluding hydrogens is 264 g/mol. The second kappa shape index (κ2) is 6.75. The van der Waals surface area contributed by atoms with Crippen LogP contribution in [0.1, 0.15) is 37.0 Å². The van der Waals surface area contributed by atoms with E-state index in [1.54, 1.807) is 19.3 Å². The summed E-state index contributed by atoms with van der Waals surface area (Å²) < 4.78 is 1.43. The van der Waals surface area contributed by atoms with Crippen molar-refractivity contribution in [3.05, 3.63) is 34.2 Å². The van der Waals surface area contributed by atoms with E-state index >= 15 is 0 Å². The molecule has 1 amide bonds. The molecule has 0 unspecified atom stereocenters. The van der Waals surface area contributed by atoms with Gasteiger partial charge in [0.2, 0.25) is 0 Å². The Labute approximate surface area is 118 Å². The number of aryl methyl sites for hydroxylation is 1. The summed E-state index contributed by atoms with van der Waals surface area (Å²) >= 11 is 6.00. The molecule has 0 radical (unpaired) electrons. The molecule has 1 N–H and O–H groups in total. The van der Waals surface area contributed by atoms with E-state index in [1.165, 1.54) is 10.6 Å². The minimum absolute atomic E-state index is 0.0725. The van der Waals surface area contributed by atoms with Crippen LogP contribution in [-0.4, -0.2) is 22.9 Å². The highest BCUT2D eigenvalue weighted by Gasteiger charge is 2.25. The first kappa shape index (κ1) is 15.8. The number of nitrogens with zero attached hydrogens (tertiary/aromatic N) is 1. The van der Waals surface area contributed by atoms with Gasteiger partial charge in [-0.15, -0.1) is 11.6 Å². The first-order valence-corrected chi connectivity index (χ1v) is 7.02. The molecule has 0 aromatic carbocycles. The first-order chi connectivity index (χ1) is 8.98. The Kier molecular flexibility index (Phi) is 5.60. The molecule has 5 heteroatoms. The number of carbonyl (C=O) groups is 1. The number of amides is 1. The van der Waals surface area contributed by atoms with Crippen LogP contribution in [-0.2, 0) is 7.05 Å². The maximum absolute atomic E-state index is 12.0. The molecular formula is C14H21ClN2O2. The fraction of sp³-hybridized carbons (Fsp3) is 0.571. The molecule has 1 aromatic rings. The maximum Gasteiger partial charge on any atom is 0.251 e. The average molecular weight is 285 g/mol. The number of nitrogens with one attached hydrogen (secondary N) is 1. The quantitative estimate of drug-likeness (QED) is 0.814. The number of hydrogen-bond acceptors (Lipinski definition) is 2. The number of aromatic nitrogens is 1. The van der Waals surface area contributed by atoms with E-state index in [0.717, 1.165) is 12.8 Å². The molecule has 1 heterocycles. The van der Waals surface area contributed by atoms with Crippen molar-refractivity contribution >= 4 is 17.5 Å². The predicted molar refractivity (Wildman–Crippen MR) is 77.8 cm³/mol. The van der Waals surface area contributed by atoms with Crippen LogP contribution in [0.5, 0.6) is 0 Å². The number of pyridine rings is 1. The zero-order valence-corrected chi connectivity index (χ0v) is 12.5. The average Bonchev–Trinajstić information content (AvgIpc) is 2.43. The van der Waals surface area contributed by atoms with Crippen molar-refractivity contribution in [3.8, 4) is 0 Å². The second-order valence-corrected chi connectivity index (χ2v) is 5.16. The monoisotopic (exact) mass is 284 g/mol. The van der Waals surface area contributed by atoms with E-state index in [9.17, 15) is 9.59 Å². The summed E-state index contributed by atoms with van der Waals surface area (Å²) in [4.78, 5) is 23.5. The first-order valence-electron chi connectivity index (χ1n) is 6.49. The van der Waals surface area contributed by atoms with Gasteiger partial charge in [-0.2, -0.15) is 0 Å². The topological polar surface area (TPSA) is 51.1 Å². The summed E-state index contributed by atoms with van der Waals surface area (Å²) in [5, 5.41) is 2.87. The number of halogens is 1. The summed E-state index contributed by atoms with van der Waals surface area (Å²) in [5.74, 6) is 0.283.